The molecule has 2 aromatic heterocycles. The van der Waals surface area contributed by atoms with Crippen molar-refractivity contribution in [2.45, 2.75) is 26.7 Å². The quantitative estimate of drug-likeness (QED) is 0.463. The first-order chi connectivity index (χ1) is 15.3. The van der Waals surface area contributed by atoms with Crippen LogP contribution in [0.4, 0.5) is 0 Å². The van der Waals surface area contributed by atoms with Gasteiger partial charge in [-0.15, -0.1) is 0 Å². The summed E-state index contributed by atoms with van der Waals surface area (Å²) in [7, 11) is 0. The van der Waals surface area contributed by atoms with Gasteiger partial charge in [0.2, 0.25) is 5.91 Å². The van der Waals surface area contributed by atoms with Gasteiger partial charge >= 0.3 is 5.97 Å². The van der Waals surface area contributed by atoms with Crippen molar-refractivity contribution in [2.24, 2.45) is 5.73 Å². The highest BCUT2D eigenvalue weighted by Gasteiger charge is 2.16. The number of aryl methyl sites for hydroxylation is 3. The van der Waals surface area contributed by atoms with Gasteiger partial charge in [-0.25, -0.2) is 4.98 Å². The number of imidazole rings is 1. The van der Waals surface area contributed by atoms with Crippen LogP contribution in [0.2, 0.25) is 0 Å². The van der Waals surface area contributed by atoms with Crippen LogP contribution in [0, 0.1) is 13.8 Å². The lowest BCUT2D eigenvalue weighted by Gasteiger charge is -2.17. The fraction of sp³-hybridized carbons (Fsp3) is 0.160. The highest BCUT2D eigenvalue weighted by atomic mass is 16.4. The monoisotopic (exact) mass is 428 g/mol. The maximum absolute atomic E-state index is 11.6. The number of amides is 1. The van der Waals surface area contributed by atoms with Crippen LogP contribution in [-0.4, -0.2) is 31.1 Å². The summed E-state index contributed by atoms with van der Waals surface area (Å²) in [6.45, 7) is 3.86. The smallest absolute Gasteiger partial charge is 0.303 e. The Balaban J connectivity index is 1.79. The van der Waals surface area contributed by atoms with E-state index in [-0.39, 0.29) is 6.42 Å². The third kappa shape index (κ3) is 4.18. The molecule has 0 saturated carbocycles. The summed E-state index contributed by atoms with van der Waals surface area (Å²) in [5, 5.41) is 9.18. The number of benzene rings is 2. The van der Waals surface area contributed by atoms with Crippen LogP contribution < -0.4 is 5.73 Å². The zero-order valence-corrected chi connectivity index (χ0v) is 17.9. The fourth-order valence-corrected chi connectivity index (χ4v) is 3.85. The molecule has 2 aromatic carbocycles. The number of primary amides is 1. The molecule has 0 aliphatic carbocycles. The number of hydrogen-bond donors (Lipinski definition) is 2. The summed E-state index contributed by atoms with van der Waals surface area (Å²) < 4.78 is 4.02. The van der Waals surface area contributed by atoms with Crippen LogP contribution in [0.5, 0.6) is 0 Å². The normalized spacial score (nSPS) is 10.9. The molecule has 0 bridgehead atoms. The van der Waals surface area contributed by atoms with E-state index in [4.69, 9.17) is 5.73 Å². The minimum absolute atomic E-state index is 0.0286. The van der Waals surface area contributed by atoms with Crippen LogP contribution >= 0.6 is 0 Å². The molecule has 0 spiro atoms. The van der Waals surface area contributed by atoms with E-state index < -0.39 is 11.9 Å². The Morgan fingerprint density at radius 1 is 1.03 bits per heavy atom. The molecule has 7 nitrogen and oxygen atoms in total. The summed E-state index contributed by atoms with van der Waals surface area (Å²) in [4.78, 5) is 27.0. The van der Waals surface area contributed by atoms with E-state index in [1.165, 1.54) is 0 Å². The van der Waals surface area contributed by atoms with Crippen molar-refractivity contribution in [3.8, 4) is 22.6 Å². The third-order valence-electron chi connectivity index (χ3n) is 5.45. The number of nitrogens with zero attached hydrogens (tertiary/aromatic N) is 3. The number of carboxylic acids is 1. The van der Waals surface area contributed by atoms with Gasteiger partial charge in [0.05, 0.1) is 24.1 Å². The minimum atomic E-state index is -0.847. The zero-order valence-electron chi connectivity index (χ0n) is 17.9. The predicted molar refractivity (Wildman–Crippen MR) is 122 cm³/mol. The number of aromatic nitrogens is 3. The van der Waals surface area contributed by atoms with E-state index in [9.17, 15) is 14.7 Å². The van der Waals surface area contributed by atoms with Gasteiger partial charge in [-0.3, -0.25) is 9.59 Å². The minimum Gasteiger partial charge on any atom is -0.481 e. The van der Waals surface area contributed by atoms with Crippen molar-refractivity contribution in [1.29, 1.82) is 0 Å². The van der Waals surface area contributed by atoms with Crippen molar-refractivity contribution in [3.63, 3.8) is 0 Å². The number of carboxylic acid groups (broad SMARTS) is 1. The largest absolute Gasteiger partial charge is 0.481 e. The topological polar surface area (TPSA) is 103 Å². The predicted octanol–water partition coefficient (Wildman–Crippen LogP) is 4.06. The first-order valence-corrected chi connectivity index (χ1v) is 10.3. The Morgan fingerprint density at radius 3 is 2.38 bits per heavy atom. The Morgan fingerprint density at radius 2 is 1.78 bits per heavy atom. The van der Waals surface area contributed by atoms with Crippen molar-refractivity contribution >= 4 is 11.9 Å². The second-order valence-electron chi connectivity index (χ2n) is 7.77. The van der Waals surface area contributed by atoms with E-state index in [0.717, 1.165) is 39.6 Å². The van der Waals surface area contributed by atoms with Gasteiger partial charge in [-0.2, -0.15) is 0 Å². The third-order valence-corrected chi connectivity index (χ3v) is 5.45. The summed E-state index contributed by atoms with van der Waals surface area (Å²) in [6.07, 6.45) is 4.16. The van der Waals surface area contributed by atoms with Gasteiger partial charge < -0.3 is 20.0 Å². The van der Waals surface area contributed by atoms with Gasteiger partial charge in [0.15, 0.2) is 0 Å². The second-order valence-corrected chi connectivity index (χ2v) is 7.77. The molecule has 4 aromatic rings. The number of rotatable bonds is 7. The average Bonchev–Trinajstić information content (AvgIpc) is 3.38. The van der Waals surface area contributed by atoms with Crippen LogP contribution in [0.1, 0.15) is 33.7 Å². The van der Waals surface area contributed by atoms with Crippen molar-refractivity contribution < 1.29 is 14.7 Å². The average molecular weight is 428 g/mol. The van der Waals surface area contributed by atoms with E-state index in [2.05, 4.69) is 9.55 Å². The fourth-order valence-electron chi connectivity index (χ4n) is 3.85. The summed E-state index contributed by atoms with van der Waals surface area (Å²) in [5.74, 6) is -1.33. The van der Waals surface area contributed by atoms with E-state index in [1.54, 1.807) is 18.5 Å². The highest BCUT2D eigenvalue weighted by Crippen LogP contribution is 2.30. The number of aliphatic carboxylic acids is 1. The van der Waals surface area contributed by atoms with E-state index in [0.29, 0.717) is 12.0 Å². The number of nitrogens with two attached hydrogens (primary N) is 1. The lowest BCUT2D eigenvalue weighted by Crippen LogP contribution is -2.12. The van der Waals surface area contributed by atoms with Gasteiger partial charge in [-0.1, -0.05) is 12.1 Å². The molecule has 0 fully saturated rings. The molecule has 0 saturated heterocycles. The maximum Gasteiger partial charge on any atom is 0.303 e. The number of carbonyl (C=O) groups excluding carboxylic acids is 1. The number of carbonyl (C=O) groups is 2. The molecule has 0 aliphatic heterocycles. The van der Waals surface area contributed by atoms with Crippen LogP contribution in [-0.2, 0) is 11.2 Å². The van der Waals surface area contributed by atoms with Crippen LogP contribution in [0.25, 0.3) is 22.6 Å². The standard InChI is InChI=1S/C25H24N4O3/c1-16-13-19(25(26)32)5-10-22(16)29-21(9-12-24(30)31)8-11-23(29)18-3-6-20(7-4-18)28-14-17(2)27-15-28/h3-8,10-11,13-15H,9,12H2,1-2H3,(H2,26,32)(H,30,31). The molecular weight excluding hydrogens is 404 g/mol. The summed E-state index contributed by atoms with van der Waals surface area (Å²) >= 11 is 0. The molecule has 0 aliphatic rings. The van der Waals surface area contributed by atoms with Crippen molar-refractivity contribution in [2.75, 3.05) is 0 Å². The van der Waals surface area contributed by atoms with Gasteiger partial charge in [0, 0.05) is 28.8 Å². The first kappa shape index (κ1) is 21.1. The second kappa shape index (κ2) is 8.55. The van der Waals surface area contributed by atoms with Gasteiger partial charge in [0.1, 0.15) is 0 Å². The molecule has 0 atom stereocenters. The lowest BCUT2D eigenvalue weighted by atomic mass is 10.1. The molecule has 0 radical (unpaired) electrons. The molecule has 3 N–H and O–H groups in total. The summed E-state index contributed by atoms with van der Waals surface area (Å²) in [5.41, 5.74) is 12.4. The molecule has 32 heavy (non-hydrogen) atoms. The Labute approximate surface area is 185 Å². The molecule has 0 unspecified atom stereocenters. The SMILES string of the molecule is Cc1cn(-c2ccc(-c3ccc(CCC(=O)O)n3-c3ccc(C(N)=O)cc3C)cc2)cn1. The summed E-state index contributed by atoms with van der Waals surface area (Å²) in [6, 6.07) is 17.4. The molecule has 4 rings (SSSR count). The highest BCUT2D eigenvalue weighted by molar-refractivity contribution is 5.93. The van der Waals surface area contributed by atoms with E-state index >= 15 is 0 Å². The van der Waals surface area contributed by atoms with Crippen molar-refractivity contribution in [3.05, 3.63) is 89.6 Å². The zero-order chi connectivity index (χ0) is 22.8. The Hall–Kier alpha value is -4.13. The van der Waals surface area contributed by atoms with Gasteiger partial charge in [-0.05, 0) is 73.9 Å². The van der Waals surface area contributed by atoms with Gasteiger partial charge in [0.25, 0.3) is 0 Å². The Kier molecular flexibility index (Phi) is 5.64. The molecule has 1 amide bonds. The lowest BCUT2D eigenvalue weighted by molar-refractivity contribution is -0.136. The van der Waals surface area contributed by atoms with E-state index in [1.807, 2.05) is 67.1 Å². The maximum atomic E-state index is 11.6. The molecule has 7 heteroatoms. The Bertz CT molecular complexity index is 1300. The molecular formula is C25H24N4O3. The molecule has 162 valence electrons. The van der Waals surface area contributed by atoms with Crippen molar-refractivity contribution in [1.82, 2.24) is 14.1 Å². The molecule has 2 heterocycles. The number of hydrogen-bond acceptors (Lipinski definition) is 3. The first-order valence-electron chi connectivity index (χ1n) is 10.3. The van der Waals surface area contributed by atoms with Crippen LogP contribution in [0.3, 0.4) is 0 Å². The van der Waals surface area contributed by atoms with Crippen LogP contribution in [0.15, 0.2) is 67.1 Å².